The topological polar surface area (TPSA) is 35.5 Å². The first-order chi connectivity index (χ1) is 10.1. The van der Waals surface area contributed by atoms with Gasteiger partial charge in [-0.2, -0.15) is 4.39 Å². The average molecular weight is 292 g/mol. The molecule has 2 rings (SSSR count). The number of benzene rings is 2. The van der Waals surface area contributed by atoms with Gasteiger partial charge in [0, 0.05) is 5.56 Å². The lowest BCUT2D eigenvalue weighted by Gasteiger charge is -2.18. The summed E-state index contributed by atoms with van der Waals surface area (Å²) in [5, 5.41) is 0. The Hall–Kier alpha value is -2.43. The standard InChI is InChI=1S/C16H14F2O3/c1-2-20-16(19)15(11-7-4-3-5-8-11)21-13-10-6-9-12(17)14(13)18/h3-10,15H,2H2,1H3. The molecule has 0 spiro atoms. The van der Waals surface area contributed by atoms with Crippen LogP contribution in [0.5, 0.6) is 5.75 Å². The van der Waals surface area contributed by atoms with Crippen molar-refractivity contribution in [1.29, 1.82) is 0 Å². The van der Waals surface area contributed by atoms with Crippen LogP contribution >= 0.6 is 0 Å². The van der Waals surface area contributed by atoms with E-state index in [1.54, 1.807) is 37.3 Å². The molecular weight excluding hydrogens is 278 g/mol. The Morgan fingerprint density at radius 2 is 1.81 bits per heavy atom. The van der Waals surface area contributed by atoms with E-state index in [-0.39, 0.29) is 12.4 Å². The number of ether oxygens (including phenoxy) is 2. The van der Waals surface area contributed by atoms with Gasteiger partial charge in [-0.1, -0.05) is 36.4 Å². The van der Waals surface area contributed by atoms with Gasteiger partial charge in [0.05, 0.1) is 6.61 Å². The van der Waals surface area contributed by atoms with Crippen molar-refractivity contribution >= 4 is 5.97 Å². The summed E-state index contributed by atoms with van der Waals surface area (Å²) in [6, 6.07) is 12.0. The third-order valence-electron chi connectivity index (χ3n) is 2.76. The Labute approximate surface area is 121 Å². The normalized spacial score (nSPS) is 11.8. The summed E-state index contributed by atoms with van der Waals surface area (Å²) in [6.07, 6.45) is -1.15. The fourth-order valence-corrected chi connectivity index (χ4v) is 1.80. The van der Waals surface area contributed by atoms with E-state index in [0.29, 0.717) is 5.56 Å². The second-order valence-electron chi connectivity index (χ2n) is 4.21. The molecule has 2 aromatic rings. The lowest BCUT2D eigenvalue weighted by atomic mass is 10.1. The molecule has 0 aliphatic rings. The van der Waals surface area contributed by atoms with Crippen LogP contribution in [0.15, 0.2) is 48.5 Å². The van der Waals surface area contributed by atoms with Gasteiger partial charge in [-0.3, -0.25) is 0 Å². The van der Waals surface area contributed by atoms with Gasteiger partial charge in [0.2, 0.25) is 11.9 Å². The maximum atomic E-state index is 13.7. The summed E-state index contributed by atoms with van der Waals surface area (Å²) in [6.45, 7) is 1.82. The second-order valence-corrected chi connectivity index (χ2v) is 4.21. The van der Waals surface area contributed by atoms with Crippen molar-refractivity contribution in [3.63, 3.8) is 0 Å². The highest BCUT2D eigenvalue weighted by Crippen LogP contribution is 2.26. The molecule has 0 N–H and O–H groups in total. The number of halogens is 2. The highest BCUT2D eigenvalue weighted by Gasteiger charge is 2.25. The van der Waals surface area contributed by atoms with Crippen LogP contribution in [0.3, 0.4) is 0 Å². The number of hydrogen-bond acceptors (Lipinski definition) is 3. The lowest BCUT2D eigenvalue weighted by molar-refractivity contribution is -0.151. The van der Waals surface area contributed by atoms with E-state index in [1.165, 1.54) is 12.1 Å². The molecule has 1 unspecified atom stereocenters. The summed E-state index contributed by atoms with van der Waals surface area (Å²) in [5.74, 6) is -3.17. The zero-order valence-electron chi connectivity index (χ0n) is 11.4. The average Bonchev–Trinajstić information content (AvgIpc) is 2.50. The Morgan fingerprint density at radius 1 is 1.10 bits per heavy atom. The van der Waals surface area contributed by atoms with Crippen molar-refractivity contribution in [2.45, 2.75) is 13.0 Å². The molecule has 0 saturated carbocycles. The van der Waals surface area contributed by atoms with Crippen LogP contribution < -0.4 is 4.74 Å². The lowest BCUT2D eigenvalue weighted by Crippen LogP contribution is -2.22. The molecular formula is C16H14F2O3. The number of rotatable bonds is 5. The molecule has 0 heterocycles. The SMILES string of the molecule is CCOC(=O)C(Oc1cccc(F)c1F)c1ccccc1. The molecule has 3 nitrogen and oxygen atoms in total. The number of esters is 1. The van der Waals surface area contributed by atoms with Crippen molar-refractivity contribution in [3.8, 4) is 5.75 Å². The van der Waals surface area contributed by atoms with Gasteiger partial charge >= 0.3 is 5.97 Å². The molecule has 21 heavy (non-hydrogen) atoms. The number of hydrogen-bond donors (Lipinski definition) is 0. The van der Waals surface area contributed by atoms with Crippen LogP contribution in [0.4, 0.5) is 8.78 Å². The molecule has 1 atom stereocenters. The van der Waals surface area contributed by atoms with Crippen LogP contribution in [0, 0.1) is 11.6 Å². The van der Waals surface area contributed by atoms with E-state index in [9.17, 15) is 13.6 Å². The van der Waals surface area contributed by atoms with Crippen LogP contribution in [0.25, 0.3) is 0 Å². The van der Waals surface area contributed by atoms with Gasteiger partial charge in [-0.05, 0) is 19.1 Å². The molecule has 0 aliphatic carbocycles. The van der Waals surface area contributed by atoms with E-state index in [2.05, 4.69) is 0 Å². The minimum Gasteiger partial charge on any atom is -0.471 e. The van der Waals surface area contributed by atoms with Gasteiger partial charge in [0.1, 0.15) is 0 Å². The first kappa shape index (κ1) is 15.0. The van der Waals surface area contributed by atoms with E-state index in [1.807, 2.05) is 0 Å². The zero-order valence-corrected chi connectivity index (χ0v) is 11.4. The molecule has 2 aromatic carbocycles. The molecule has 5 heteroatoms. The van der Waals surface area contributed by atoms with Crippen molar-refractivity contribution in [1.82, 2.24) is 0 Å². The monoisotopic (exact) mass is 292 g/mol. The van der Waals surface area contributed by atoms with Crippen molar-refractivity contribution in [2.24, 2.45) is 0 Å². The van der Waals surface area contributed by atoms with E-state index in [4.69, 9.17) is 9.47 Å². The third-order valence-corrected chi connectivity index (χ3v) is 2.76. The first-order valence-electron chi connectivity index (χ1n) is 6.45. The van der Waals surface area contributed by atoms with Crippen molar-refractivity contribution in [3.05, 3.63) is 65.7 Å². The van der Waals surface area contributed by atoms with Gasteiger partial charge in [0.25, 0.3) is 0 Å². The van der Waals surface area contributed by atoms with Gasteiger partial charge < -0.3 is 9.47 Å². The molecule has 0 bridgehead atoms. The summed E-state index contributed by atoms with van der Waals surface area (Å²) < 4.78 is 37.1. The van der Waals surface area contributed by atoms with Gasteiger partial charge in [-0.15, -0.1) is 0 Å². The molecule has 110 valence electrons. The third kappa shape index (κ3) is 3.56. The predicted molar refractivity (Wildman–Crippen MR) is 72.8 cm³/mol. The largest absolute Gasteiger partial charge is 0.471 e. The predicted octanol–water partition coefficient (Wildman–Crippen LogP) is 3.65. The Morgan fingerprint density at radius 3 is 2.48 bits per heavy atom. The highest BCUT2D eigenvalue weighted by atomic mass is 19.2. The maximum Gasteiger partial charge on any atom is 0.352 e. The quantitative estimate of drug-likeness (QED) is 0.789. The Bertz CT molecular complexity index is 614. The second kappa shape index (κ2) is 6.83. The fourth-order valence-electron chi connectivity index (χ4n) is 1.80. The number of carbonyl (C=O) groups excluding carboxylic acids is 1. The number of carbonyl (C=O) groups is 1. The van der Waals surface area contributed by atoms with Crippen LogP contribution in [-0.2, 0) is 9.53 Å². The Balaban J connectivity index is 2.32. The van der Waals surface area contributed by atoms with Crippen molar-refractivity contribution < 1.29 is 23.0 Å². The molecule has 0 aliphatic heterocycles. The minimum atomic E-state index is -1.15. The van der Waals surface area contributed by atoms with Crippen LogP contribution in [0.2, 0.25) is 0 Å². The van der Waals surface area contributed by atoms with Crippen molar-refractivity contribution in [2.75, 3.05) is 6.61 Å². The van der Waals surface area contributed by atoms with E-state index < -0.39 is 23.7 Å². The molecule has 0 amide bonds. The zero-order chi connectivity index (χ0) is 15.2. The molecule has 0 radical (unpaired) electrons. The fraction of sp³-hybridized carbons (Fsp3) is 0.188. The first-order valence-corrected chi connectivity index (χ1v) is 6.45. The summed E-state index contributed by atoms with van der Waals surface area (Å²) in [7, 11) is 0. The van der Waals surface area contributed by atoms with E-state index in [0.717, 1.165) is 6.07 Å². The van der Waals surface area contributed by atoms with Gasteiger partial charge in [-0.25, -0.2) is 9.18 Å². The maximum absolute atomic E-state index is 13.7. The van der Waals surface area contributed by atoms with Crippen LogP contribution in [-0.4, -0.2) is 12.6 Å². The Kier molecular flexibility index (Phi) is 4.87. The summed E-state index contributed by atoms with van der Waals surface area (Å²) >= 11 is 0. The molecule has 0 aromatic heterocycles. The van der Waals surface area contributed by atoms with Gasteiger partial charge in [0.15, 0.2) is 11.6 Å². The highest BCUT2D eigenvalue weighted by molar-refractivity contribution is 5.77. The molecule has 0 fully saturated rings. The summed E-state index contributed by atoms with van der Waals surface area (Å²) in [4.78, 5) is 12.0. The smallest absolute Gasteiger partial charge is 0.352 e. The summed E-state index contributed by atoms with van der Waals surface area (Å²) in [5.41, 5.74) is 0.500. The van der Waals surface area contributed by atoms with Crippen LogP contribution in [0.1, 0.15) is 18.6 Å². The van der Waals surface area contributed by atoms with E-state index >= 15 is 0 Å². The molecule has 0 saturated heterocycles. The minimum absolute atomic E-state index is 0.164.